The molecule has 19 heavy (non-hydrogen) atoms. The second kappa shape index (κ2) is 4.89. The van der Waals surface area contributed by atoms with Crippen LogP contribution < -0.4 is 5.32 Å². The fourth-order valence-electron chi connectivity index (χ4n) is 3.15. The van der Waals surface area contributed by atoms with E-state index in [4.69, 9.17) is 0 Å². The minimum atomic E-state index is 0.103. The van der Waals surface area contributed by atoms with Crippen molar-refractivity contribution in [2.45, 2.75) is 32.7 Å². The molecule has 3 heterocycles. The molecule has 0 saturated carbocycles. The molecule has 5 heteroatoms. The van der Waals surface area contributed by atoms with Crippen molar-refractivity contribution >= 4 is 5.91 Å². The summed E-state index contributed by atoms with van der Waals surface area (Å²) in [6.45, 7) is 6.50. The smallest absolute Gasteiger partial charge is 0.255 e. The van der Waals surface area contributed by atoms with Crippen LogP contribution in [0.3, 0.4) is 0 Å². The lowest BCUT2D eigenvalue weighted by Gasteiger charge is -2.24. The minimum Gasteiger partial charge on any atom is -0.337 e. The summed E-state index contributed by atoms with van der Waals surface area (Å²) in [6, 6.07) is 2.33. The Labute approximate surface area is 113 Å². The maximum atomic E-state index is 12.6. The number of aryl methyl sites for hydroxylation is 2. The normalized spacial score (nSPS) is 26.3. The maximum absolute atomic E-state index is 12.6. The zero-order chi connectivity index (χ0) is 13.4. The first-order valence-electron chi connectivity index (χ1n) is 6.99. The maximum Gasteiger partial charge on any atom is 0.255 e. The van der Waals surface area contributed by atoms with E-state index in [1.165, 1.54) is 12.8 Å². The standard InChI is InChI=1S/C14H20N4O/c1-9-6-12(10(2)17-16-9)14(19)18-7-11-4-3-5-15-13(11)8-18/h6,11,13,15H,3-5,7-8H2,1-2H3/t11-,13+/m0/s1. The SMILES string of the molecule is Cc1cc(C(=O)N2C[C@@H]3CCCN[C@@H]3C2)c(C)nn1. The van der Waals surface area contributed by atoms with Gasteiger partial charge in [-0.2, -0.15) is 10.2 Å². The highest BCUT2D eigenvalue weighted by molar-refractivity contribution is 5.95. The topological polar surface area (TPSA) is 58.1 Å². The molecule has 0 unspecified atom stereocenters. The summed E-state index contributed by atoms with van der Waals surface area (Å²) >= 11 is 0. The molecular formula is C14H20N4O. The van der Waals surface area contributed by atoms with Gasteiger partial charge in [-0.15, -0.1) is 0 Å². The molecule has 1 amide bonds. The third-order valence-electron chi connectivity index (χ3n) is 4.22. The predicted molar refractivity (Wildman–Crippen MR) is 71.9 cm³/mol. The molecule has 3 rings (SSSR count). The predicted octanol–water partition coefficient (Wildman–Crippen LogP) is 0.917. The molecule has 0 radical (unpaired) electrons. The van der Waals surface area contributed by atoms with Gasteiger partial charge in [0.1, 0.15) is 0 Å². The van der Waals surface area contributed by atoms with E-state index >= 15 is 0 Å². The number of carbonyl (C=O) groups excluding carboxylic acids is 1. The molecule has 1 aromatic heterocycles. The second-order valence-electron chi connectivity index (χ2n) is 5.66. The van der Waals surface area contributed by atoms with Gasteiger partial charge >= 0.3 is 0 Å². The number of nitrogens with zero attached hydrogens (tertiary/aromatic N) is 3. The van der Waals surface area contributed by atoms with Gasteiger partial charge in [0.15, 0.2) is 0 Å². The van der Waals surface area contributed by atoms with Gasteiger partial charge in [-0.3, -0.25) is 4.79 Å². The first-order valence-corrected chi connectivity index (χ1v) is 6.99. The molecule has 2 aliphatic heterocycles. The van der Waals surface area contributed by atoms with Crippen molar-refractivity contribution in [2.75, 3.05) is 19.6 Å². The Balaban J connectivity index is 1.79. The number of hydrogen-bond donors (Lipinski definition) is 1. The Morgan fingerprint density at radius 2 is 2.21 bits per heavy atom. The first-order chi connectivity index (χ1) is 9.15. The molecule has 0 spiro atoms. The van der Waals surface area contributed by atoms with Gasteiger partial charge in [-0.05, 0) is 45.2 Å². The van der Waals surface area contributed by atoms with Crippen LogP contribution >= 0.6 is 0 Å². The molecule has 0 bridgehead atoms. The van der Waals surface area contributed by atoms with Crippen molar-refractivity contribution in [2.24, 2.45) is 5.92 Å². The summed E-state index contributed by atoms with van der Waals surface area (Å²) in [5.74, 6) is 0.723. The van der Waals surface area contributed by atoms with Crippen LogP contribution in [0, 0.1) is 19.8 Å². The van der Waals surface area contributed by atoms with Crippen LogP contribution in [0.4, 0.5) is 0 Å². The number of rotatable bonds is 1. The Morgan fingerprint density at radius 3 is 3.00 bits per heavy atom. The first kappa shape index (κ1) is 12.5. The molecule has 2 aliphatic rings. The monoisotopic (exact) mass is 260 g/mol. The molecule has 0 aliphatic carbocycles. The molecule has 1 aromatic rings. The quantitative estimate of drug-likeness (QED) is 0.815. The number of amides is 1. The molecule has 2 saturated heterocycles. The van der Waals surface area contributed by atoms with Gasteiger partial charge in [-0.25, -0.2) is 0 Å². The summed E-state index contributed by atoms with van der Waals surface area (Å²) in [5.41, 5.74) is 2.22. The zero-order valence-electron chi connectivity index (χ0n) is 11.5. The van der Waals surface area contributed by atoms with Crippen molar-refractivity contribution in [3.63, 3.8) is 0 Å². The number of aromatic nitrogens is 2. The number of piperidine rings is 1. The number of hydrogen-bond acceptors (Lipinski definition) is 4. The number of fused-ring (bicyclic) bond motifs is 1. The largest absolute Gasteiger partial charge is 0.337 e. The van der Waals surface area contributed by atoms with Crippen LogP contribution in [0.2, 0.25) is 0 Å². The van der Waals surface area contributed by atoms with Gasteiger partial charge < -0.3 is 10.2 Å². The zero-order valence-corrected chi connectivity index (χ0v) is 11.5. The minimum absolute atomic E-state index is 0.103. The Bertz CT molecular complexity index is 488. The average Bonchev–Trinajstić information content (AvgIpc) is 2.84. The lowest BCUT2D eigenvalue weighted by Crippen LogP contribution is -2.41. The molecule has 5 nitrogen and oxygen atoms in total. The number of likely N-dealkylation sites (tertiary alicyclic amines) is 1. The fraction of sp³-hybridized carbons (Fsp3) is 0.643. The van der Waals surface area contributed by atoms with Gasteiger partial charge in [0.2, 0.25) is 0 Å². The Hall–Kier alpha value is -1.49. The van der Waals surface area contributed by atoms with E-state index in [1.807, 2.05) is 24.8 Å². The van der Waals surface area contributed by atoms with Gasteiger partial charge in [-0.1, -0.05) is 0 Å². The summed E-state index contributed by atoms with van der Waals surface area (Å²) in [6.07, 6.45) is 2.45. The summed E-state index contributed by atoms with van der Waals surface area (Å²) in [5, 5.41) is 11.6. The van der Waals surface area contributed by atoms with E-state index in [0.717, 1.165) is 31.0 Å². The Kier molecular flexibility index (Phi) is 3.22. The highest BCUT2D eigenvalue weighted by atomic mass is 16.2. The van der Waals surface area contributed by atoms with Crippen molar-refractivity contribution in [1.82, 2.24) is 20.4 Å². The Morgan fingerprint density at radius 1 is 1.37 bits per heavy atom. The lowest BCUT2D eigenvalue weighted by molar-refractivity contribution is 0.0784. The van der Waals surface area contributed by atoms with Crippen LogP contribution in [0.25, 0.3) is 0 Å². The molecule has 2 fully saturated rings. The highest BCUT2D eigenvalue weighted by Gasteiger charge is 2.37. The number of nitrogens with one attached hydrogen (secondary N) is 1. The van der Waals surface area contributed by atoms with Crippen LogP contribution in [0.15, 0.2) is 6.07 Å². The van der Waals surface area contributed by atoms with Crippen LogP contribution in [0.5, 0.6) is 0 Å². The van der Waals surface area contributed by atoms with Gasteiger partial charge in [0.05, 0.1) is 17.0 Å². The van der Waals surface area contributed by atoms with Gasteiger partial charge in [0.25, 0.3) is 5.91 Å². The third-order valence-corrected chi connectivity index (χ3v) is 4.22. The van der Waals surface area contributed by atoms with E-state index in [-0.39, 0.29) is 5.91 Å². The van der Waals surface area contributed by atoms with Crippen molar-refractivity contribution in [1.29, 1.82) is 0 Å². The lowest BCUT2D eigenvalue weighted by atomic mass is 9.94. The van der Waals surface area contributed by atoms with E-state index in [9.17, 15) is 4.79 Å². The summed E-state index contributed by atoms with van der Waals surface area (Å²) < 4.78 is 0. The number of carbonyl (C=O) groups is 1. The highest BCUT2D eigenvalue weighted by Crippen LogP contribution is 2.26. The third kappa shape index (κ3) is 2.34. The van der Waals surface area contributed by atoms with Crippen LogP contribution in [0.1, 0.15) is 34.6 Å². The molecule has 0 aromatic carbocycles. The van der Waals surface area contributed by atoms with E-state index in [0.29, 0.717) is 17.5 Å². The van der Waals surface area contributed by atoms with E-state index < -0.39 is 0 Å². The van der Waals surface area contributed by atoms with Crippen molar-refractivity contribution in [3.8, 4) is 0 Å². The van der Waals surface area contributed by atoms with Crippen LogP contribution in [-0.4, -0.2) is 46.7 Å². The summed E-state index contributed by atoms with van der Waals surface area (Å²) in [4.78, 5) is 14.6. The molecule has 1 N–H and O–H groups in total. The molecule has 102 valence electrons. The summed E-state index contributed by atoms with van der Waals surface area (Å²) in [7, 11) is 0. The van der Waals surface area contributed by atoms with E-state index in [1.54, 1.807) is 0 Å². The van der Waals surface area contributed by atoms with Crippen molar-refractivity contribution in [3.05, 3.63) is 23.0 Å². The van der Waals surface area contributed by atoms with E-state index in [2.05, 4.69) is 15.5 Å². The van der Waals surface area contributed by atoms with Gasteiger partial charge in [0, 0.05) is 19.1 Å². The molecular weight excluding hydrogens is 240 g/mol. The fourth-order valence-corrected chi connectivity index (χ4v) is 3.15. The average molecular weight is 260 g/mol. The van der Waals surface area contributed by atoms with Crippen molar-refractivity contribution < 1.29 is 4.79 Å². The molecule has 2 atom stereocenters. The second-order valence-corrected chi connectivity index (χ2v) is 5.66. The van der Waals surface area contributed by atoms with Crippen LogP contribution in [-0.2, 0) is 0 Å².